The van der Waals surface area contributed by atoms with Crippen LogP contribution in [0.15, 0.2) is 85.1 Å². The summed E-state index contributed by atoms with van der Waals surface area (Å²) in [5, 5.41) is 14.1. The van der Waals surface area contributed by atoms with Crippen LogP contribution in [0.2, 0.25) is 0 Å². The summed E-state index contributed by atoms with van der Waals surface area (Å²) < 4.78 is 35.3. The highest BCUT2D eigenvalue weighted by atomic mass is 32.3. The van der Waals surface area contributed by atoms with E-state index in [1.807, 2.05) is 42.8 Å². The Labute approximate surface area is 391 Å². The number of likely N-dealkylation sites (N-methyl/N-ethyl adjacent to an activating group) is 1. The number of benzene rings is 3. The smallest absolute Gasteiger partial charge is 0.368 e. The summed E-state index contributed by atoms with van der Waals surface area (Å²) in [5.74, 6) is -3.87. The molecule has 0 fully saturated rings. The number of carbonyl (C=O) groups is 7. The molecule has 0 aliphatic carbocycles. The number of amides is 7. The predicted molar refractivity (Wildman–Crippen MR) is 253 cm³/mol. The van der Waals surface area contributed by atoms with Crippen LogP contribution in [0.25, 0.3) is 10.9 Å². The number of para-hydroxylation sites is 1. The maximum Gasteiger partial charge on any atom is 0.446 e. The summed E-state index contributed by atoms with van der Waals surface area (Å²) in [4.78, 5) is 98.2. The van der Waals surface area contributed by atoms with Crippen LogP contribution in [-0.4, -0.2) is 132 Å². The lowest BCUT2D eigenvalue weighted by Gasteiger charge is -2.29. The number of nitrogens with one attached hydrogen (secondary N) is 6. The van der Waals surface area contributed by atoms with Gasteiger partial charge in [0.2, 0.25) is 41.4 Å². The molecule has 0 aliphatic heterocycles. The molecule has 19 nitrogen and oxygen atoms in total. The Balaban J connectivity index is 1.45. The Hall–Kier alpha value is -6.10. The van der Waals surface area contributed by atoms with Crippen molar-refractivity contribution in [3.8, 4) is 5.75 Å². The third kappa shape index (κ3) is 16.7. The minimum absolute atomic E-state index is 0.0165. The molecule has 0 spiro atoms. The van der Waals surface area contributed by atoms with E-state index in [0.717, 1.165) is 16.5 Å². The van der Waals surface area contributed by atoms with Crippen LogP contribution in [0.3, 0.4) is 0 Å². The van der Waals surface area contributed by atoms with Gasteiger partial charge in [-0.15, -0.1) is 0 Å². The second kappa shape index (κ2) is 25.6. The van der Waals surface area contributed by atoms with Gasteiger partial charge in [0.15, 0.2) is 0 Å². The van der Waals surface area contributed by atoms with Crippen molar-refractivity contribution in [2.45, 2.75) is 69.2 Å². The number of carbonyl (C=O) groups excluding carboxylic acids is 7. The van der Waals surface area contributed by atoms with E-state index in [4.69, 9.17) is 10.3 Å². The number of nitrogens with two attached hydrogens (primary N) is 1. The molecule has 1 aromatic heterocycles. The van der Waals surface area contributed by atoms with Crippen molar-refractivity contribution in [1.29, 1.82) is 0 Å². The fourth-order valence-electron chi connectivity index (χ4n) is 6.86. The zero-order chi connectivity index (χ0) is 48.4. The van der Waals surface area contributed by atoms with Crippen molar-refractivity contribution in [3.05, 3.63) is 102 Å². The normalized spacial score (nSPS) is 13.5. The quantitative estimate of drug-likeness (QED) is 0.0412. The van der Waals surface area contributed by atoms with Gasteiger partial charge in [0, 0.05) is 37.0 Å². The highest BCUT2D eigenvalue weighted by molar-refractivity contribution is 7.98. The zero-order valence-corrected chi connectivity index (χ0v) is 39.4. The molecule has 0 saturated heterocycles. The molecule has 4 aromatic rings. The summed E-state index contributed by atoms with van der Waals surface area (Å²) in [6.45, 7) is 0.889. The van der Waals surface area contributed by atoms with E-state index in [9.17, 15) is 42.0 Å². The summed E-state index contributed by atoms with van der Waals surface area (Å²) in [6, 6.07) is 16.2. The van der Waals surface area contributed by atoms with Crippen molar-refractivity contribution in [2.75, 3.05) is 37.6 Å². The number of aromatic amines is 1. The Morgan fingerprint density at radius 3 is 1.95 bits per heavy atom. The predicted octanol–water partition coefficient (Wildman–Crippen LogP) is 1.27. The van der Waals surface area contributed by atoms with Crippen molar-refractivity contribution in [3.63, 3.8) is 0 Å². The molecule has 66 heavy (non-hydrogen) atoms. The van der Waals surface area contributed by atoms with Gasteiger partial charge in [-0.05, 0) is 78.7 Å². The first-order valence-electron chi connectivity index (χ1n) is 20.7. The van der Waals surface area contributed by atoms with Crippen LogP contribution in [-0.2, 0) is 63.2 Å². The van der Waals surface area contributed by atoms with Crippen LogP contribution in [0.4, 0.5) is 0 Å². The summed E-state index contributed by atoms with van der Waals surface area (Å²) in [7, 11) is -3.31. The van der Waals surface area contributed by atoms with Gasteiger partial charge in [-0.25, -0.2) is 0 Å². The Morgan fingerprint density at radius 1 is 0.742 bits per heavy atom. The minimum Gasteiger partial charge on any atom is -0.368 e. The van der Waals surface area contributed by atoms with Crippen LogP contribution in [0.5, 0.6) is 5.75 Å². The van der Waals surface area contributed by atoms with Crippen LogP contribution in [0.1, 0.15) is 36.5 Å². The number of nitrogens with zero attached hydrogens (tertiary/aromatic N) is 1. The van der Waals surface area contributed by atoms with E-state index in [-0.39, 0.29) is 37.9 Å². The van der Waals surface area contributed by atoms with E-state index in [1.165, 1.54) is 66.7 Å². The molecule has 0 aliphatic rings. The van der Waals surface area contributed by atoms with Crippen LogP contribution < -0.4 is 36.5 Å². The Bertz CT molecular complexity index is 2420. The first kappa shape index (κ1) is 52.5. The molecular weight excluding hydrogens is 913 g/mol. The largest absolute Gasteiger partial charge is 0.446 e. The molecule has 1 heterocycles. The number of hydrogen-bond acceptors (Lipinski definition) is 12. The third-order valence-corrected chi connectivity index (χ3v) is 12.0. The van der Waals surface area contributed by atoms with Crippen LogP contribution in [0, 0.1) is 0 Å². The maximum atomic E-state index is 14.2. The lowest BCUT2D eigenvalue weighted by atomic mass is 10.0. The van der Waals surface area contributed by atoms with Gasteiger partial charge in [-0.2, -0.15) is 31.9 Å². The van der Waals surface area contributed by atoms with E-state index >= 15 is 0 Å². The Morgan fingerprint density at radius 2 is 1.33 bits per heavy atom. The number of aromatic nitrogens is 1. The Kier molecular flexibility index (Phi) is 20.3. The zero-order valence-electron chi connectivity index (χ0n) is 36.9. The molecule has 0 saturated carbocycles. The summed E-state index contributed by atoms with van der Waals surface area (Å²) in [5.41, 5.74) is 8.39. The van der Waals surface area contributed by atoms with Crippen molar-refractivity contribution >= 4 is 86.2 Å². The molecule has 0 radical (unpaired) electrons. The standard InChI is InChI=1S/C44H56N8O11S3/c1-27(44(59)52(2)37(40(45)55)22-28-10-6-5-7-11-28)48-42(57)35(19-21-65-4)51-43(58)36(24-30-25-46-33-13-9-8-12-32(30)33)50-39(54)26-47-41(56)34(18-20-64-3)49-38(53)23-29-14-16-31(17-15-29)63-66(60,61)62/h5-17,25,27,34-37,46H,18-24,26H2,1-4H3,(H2,45,55)(H,47,56)(H,48,57)(H,49,53)(H,50,54)(H,51,58)(H,60,61,62). The SMILES string of the molecule is CSCCC(NC(=O)Cc1ccc(OS(=O)(=O)O)cc1)C(=O)NCC(=O)NC(Cc1c[nH]c2ccccc12)C(=O)NC(CCSC)C(=O)NC(C)C(=O)N(C)C(Cc1ccccc1)C(N)=O. The fraction of sp³-hybridized carbons (Fsp3) is 0.386. The highest BCUT2D eigenvalue weighted by Crippen LogP contribution is 2.20. The molecule has 0 bridgehead atoms. The lowest BCUT2D eigenvalue weighted by Crippen LogP contribution is -2.58. The number of thioether (sulfide) groups is 2. The number of primary amides is 1. The molecule has 7 amide bonds. The number of fused-ring (bicyclic) bond motifs is 1. The molecular formula is C44H56N8O11S3. The second-order valence-electron chi connectivity index (χ2n) is 15.3. The molecule has 356 valence electrons. The third-order valence-electron chi connectivity index (χ3n) is 10.3. The highest BCUT2D eigenvalue weighted by Gasteiger charge is 2.33. The number of hydrogen-bond donors (Lipinski definition) is 8. The van der Waals surface area contributed by atoms with Gasteiger partial charge in [-0.3, -0.25) is 38.1 Å². The monoisotopic (exact) mass is 968 g/mol. The van der Waals surface area contributed by atoms with Crippen molar-refractivity contribution < 1.29 is 50.7 Å². The van der Waals surface area contributed by atoms with Gasteiger partial charge < -0.3 is 46.4 Å². The molecule has 5 atom stereocenters. The fourth-order valence-corrected chi connectivity index (χ4v) is 8.16. The maximum absolute atomic E-state index is 14.2. The number of H-pyrrole nitrogens is 1. The summed E-state index contributed by atoms with van der Waals surface area (Å²) >= 11 is 2.86. The first-order chi connectivity index (χ1) is 31.4. The average Bonchev–Trinajstić information content (AvgIpc) is 3.69. The van der Waals surface area contributed by atoms with Crippen molar-refractivity contribution in [1.82, 2.24) is 36.5 Å². The summed E-state index contributed by atoms with van der Waals surface area (Å²) in [6.07, 6.45) is 5.69. The first-order valence-corrected chi connectivity index (χ1v) is 24.9. The van der Waals surface area contributed by atoms with Gasteiger partial charge in [0.1, 0.15) is 36.0 Å². The van der Waals surface area contributed by atoms with Gasteiger partial charge >= 0.3 is 10.4 Å². The van der Waals surface area contributed by atoms with Gasteiger partial charge in [0.25, 0.3) is 0 Å². The topological polar surface area (TPSA) is 288 Å². The van der Waals surface area contributed by atoms with Gasteiger partial charge in [0.05, 0.1) is 13.0 Å². The molecule has 5 unspecified atom stereocenters. The molecule has 9 N–H and O–H groups in total. The second-order valence-corrected chi connectivity index (χ2v) is 18.3. The van der Waals surface area contributed by atoms with Gasteiger partial charge in [-0.1, -0.05) is 60.7 Å². The van der Waals surface area contributed by atoms with E-state index in [2.05, 4.69) is 35.8 Å². The van der Waals surface area contributed by atoms with E-state index in [0.29, 0.717) is 22.6 Å². The number of rotatable bonds is 26. The molecule has 22 heteroatoms. The van der Waals surface area contributed by atoms with E-state index in [1.54, 1.807) is 30.5 Å². The molecule has 4 rings (SSSR count). The van der Waals surface area contributed by atoms with Crippen molar-refractivity contribution in [2.24, 2.45) is 5.73 Å². The average molecular weight is 969 g/mol. The van der Waals surface area contributed by atoms with E-state index < -0.39 is 88.5 Å². The minimum atomic E-state index is -4.73. The molecule has 3 aromatic carbocycles. The lowest BCUT2D eigenvalue weighted by molar-refractivity contribution is -0.141. The van der Waals surface area contributed by atoms with Crippen LogP contribution >= 0.6 is 23.5 Å².